The number of aromatic nitrogens is 1. The van der Waals surface area contributed by atoms with E-state index in [2.05, 4.69) is 20.3 Å². The van der Waals surface area contributed by atoms with E-state index in [1.165, 1.54) is 21.9 Å². The molecule has 1 amide bonds. The molecular weight excluding hydrogens is 394 g/mol. The Bertz CT molecular complexity index is 1090. The summed E-state index contributed by atoms with van der Waals surface area (Å²) in [5, 5.41) is 16.8. The number of benzene rings is 2. The maximum atomic E-state index is 12.8. The molecule has 0 fully saturated rings. The largest absolute Gasteiger partial charge is 0.282 e. The molecule has 0 N–H and O–H groups in total. The lowest BCUT2D eigenvalue weighted by Gasteiger charge is -2.08. The number of carbonyl (C=O) groups excluding carboxylic acids is 1. The first-order valence-corrected chi connectivity index (χ1v) is 9.86. The Morgan fingerprint density at radius 3 is 2.61 bits per heavy atom. The van der Waals surface area contributed by atoms with Gasteiger partial charge in [-0.05, 0) is 26.0 Å². The van der Waals surface area contributed by atoms with Gasteiger partial charge in [0.05, 0.1) is 16.4 Å². The maximum absolute atomic E-state index is 12.8. The molecule has 1 aromatic heterocycles. The molecule has 0 radical (unpaired) electrons. The van der Waals surface area contributed by atoms with Crippen molar-refractivity contribution >= 4 is 45.4 Å². The van der Waals surface area contributed by atoms with E-state index in [0.717, 1.165) is 11.3 Å². The third-order valence-electron chi connectivity index (χ3n) is 4.25. The van der Waals surface area contributed by atoms with Crippen LogP contribution in [0, 0.1) is 6.92 Å². The number of hydrazone groups is 1. The Morgan fingerprint density at radius 1 is 1.11 bits per heavy atom. The molecule has 1 atom stereocenters. The summed E-state index contributed by atoms with van der Waals surface area (Å²) in [6, 6.07) is 14.4. The standard InChI is InChI=1S/C20H16ClN5OS/c1-12-7-9-14(10-8-12)17-11-28-20(22-17)26-19(27)18(13(2)25-26)24-23-16-6-4-3-5-15(16)21/h3-11,18H,1-2H3/t18-/m0/s1. The number of halogens is 1. The van der Waals surface area contributed by atoms with Crippen molar-refractivity contribution in [3.05, 3.63) is 64.5 Å². The van der Waals surface area contributed by atoms with Crippen molar-refractivity contribution in [2.24, 2.45) is 15.3 Å². The summed E-state index contributed by atoms with van der Waals surface area (Å²) in [7, 11) is 0. The number of hydrogen-bond donors (Lipinski definition) is 0. The fraction of sp³-hybridized carbons (Fsp3) is 0.150. The van der Waals surface area contributed by atoms with Crippen LogP contribution in [0.5, 0.6) is 0 Å². The van der Waals surface area contributed by atoms with E-state index < -0.39 is 6.04 Å². The Kier molecular flexibility index (Phi) is 5.02. The number of anilines is 1. The number of aryl methyl sites for hydroxylation is 1. The van der Waals surface area contributed by atoms with Crippen LogP contribution in [0.3, 0.4) is 0 Å². The van der Waals surface area contributed by atoms with Crippen LogP contribution >= 0.6 is 22.9 Å². The zero-order valence-electron chi connectivity index (χ0n) is 15.2. The molecule has 0 aliphatic carbocycles. The first-order chi connectivity index (χ1) is 13.5. The summed E-state index contributed by atoms with van der Waals surface area (Å²) >= 11 is 7.45. The molecule has 140 valence electrons. The van der Waals surface area contributed by atoms with Gasteiger partial charge in [-0.25, -0.2) is 4.98 Å². The van der Waals surface area contributed by atoms with E-state index in [0.29, 0.717) is 21.6 Å². The number of amides is 1. The van der Waals surface area contributed by atoms with Crippen LogP contribution in [-0.2, 0) is 4.79 Å². The second kappa shape index (κ2) is 7.61. The average Bonchev–Trinajstić information content (AvgIpc) is 3.27. The molecule has 6 nitrogen and oxygen atoms in total. The minimum Gasteiger partial charge on any atom is -0.269 e. The van der Waals surface area contributed by atoms with E-state index in [9.17, 15) is 4.79 Å². The van der Waals surface area contributed by atoms with Crippen molar-refractivity contribution in [2.45, 2.75) is 19.9 Å². The van der Waals surface area contributed by atoms with Gasteiger partial charge >= 0.3 is 0 Å². The van der Waals surface area contributed by atoms with Crippen molar-refractivity contribution < 1.29 is 4.79 Å². The predicted octanol–water partition coefficient (Wildman–Crippen LogP) is 5.65. The Balaban J connectivity index is 1.55. The average molecular weight is 410 g/mol. The predicted molar refractivity (Wildman–Crippen MR) is 113 cm³/mol. The number of nitrogens with zero attached hydrogens (tertiary/aromatic N) is 5. The van der Waals surface area contributed by atoms with Gasteiger partial charge < -0.3 is 0 Å². The SMILES string of the molecule is CC1=NN(c2nc(-c3ccc(C)cc3)cs2)C(=O)[C@H]1N=Nc1ccccc1Cl. The van der Waals surface area contributed by atoms with Gasteiger partial charge in [0.15, 0.2) is 6.04 Å². The number of carbonyl (C=O) groups is 1. The highest BCUT2D eigenvalue weighted by Gasteiger charge is 2.36. The molecule has 0 saturated heterocycles. The Labute approximate surface area is 171 Å². The van der Waals surface area contributed by atoms with Gasteiger partial charge in [0.1, 0.15) is 5.69 Å². The smallest absolute Gasteiger partial charge is 0.269 e. The highest BCUT2D eigenvalue weighted by Crippen LogP contribution is 2.31. The molecule has 0 spiro atoms. The van der Waals surface area contributed by atoms with Crippen LogP contribution in [0.4, 0.5) is 10.8 Å². The van der Waals surface area contributed by atoms with Crippen molar-refractivity contribution in [1.29, 1.82) is 0 Å². The van der Waals surface area contributed by atoms with Gasteiger partial charge in [-0.1, -0.05) is 53.6 Å². The van der Waals surface area contributed by atoms with E-state index in [4.69, 9.17) is 11.6 Å². The van der Waals surface area contributed by atoms with Crippen LogP contribution in [0.1, 0.15) is 12.5 Å². The van der Waals surface area contributed by atoms with Gasteiger partial charge in [-0.2, -0.15) is 20.3 Å². The summed E-state index contributed by atoms with van der Waals surface area (Å²) in [4.78, 5) is 17.4. The monoisotopic (exact) mass is 409 g/mol. The normalized spacial score (nSPS) is 16.8. The van der Waals surface area contributed by atoms with E-state index in [1.54, 1.807) is 19.1 Å². The van der Waals surface area contributed by atoms with Crippen molar-refractivity contribution in [3.63, 3.8) is 0 Å². The van der Waals surface area contributed by atoms with Gasteiger partial charge in [-0.15, -0.1) is 11.3 Å². The summed E-state index contributed by atoms with van der Waals surface area (Å²) in [5.41, 5.74) is 4.06. The van der Waals surface area contributed by atoms with Crippen LogP contribution in [0.25, 0.3) is 11.3 Å². The lowest BCUT2D eigenvalue weighted by Crippen LogP contribution is -2.29. The van der Waals surface area contributed by atoms with E-state index >= 15 is 0 Å². The third-order valence-corrected chi connectivity index (χ3v) is 5.39. The number of thiazole rings is 1. The lowest BCUT2D eigenvalue weighted by molar-refractivity contribution is -0.117. The van der Waals surface area contributed by atoms with Crippen molar-refractivity contribution in [3.8, 4) is 11.3 Å². The Hall–Kier alpha value is -2.90. The lowest BCUT2D eigenvalue weighted by atomic mass is 10.1. The second-order valence-corrected chi connectivity index (χ2v) is 7.59. The quantitative estimate of drug-likeness (QED) is 0.522. The molecule has 1 aliphatic rings. The Morgan fingerprint density at radius 2 is 1.86 bits per heavy atom. The molecule has 0 unspecified atom stereocenters. The molecule has 28 heavy (non-hydrogen) atoms. The molecule has 8 heteroatoms. The summed E-state index contributed by atoms with van der Waals surface area (Å²) in [6.45, 7) is 3.79. The molecule has 3 aromatic rings. The topological polar surface area (TPSA) is 70.3 Å². The molecule has 1 aliphatic heterocycles. The maximum Gasteiger partial charge on any atom is 0.282 e. The number of hydrogen-bond acceptors (Lipinski definition) is 6. The van der Waals surface area contributed by atoms with Crippen LogP contribution in [0.2, 0.25) is 5.02 Å². The van der Waals surface area contributed by atoms with Gasteiger partial charge in [-0.3, -0.25) is 4.79 Å². The van der Waals surface area contributed by atoms with Crippen molar-refractivity contribution in [1.82, 2.24) is 4.98 Å². The van der Waals surface area contributed by atoms with Crippen LogP contribution in [-0.4, -0.2) is 22.6 Å². The second-order valence-electron chi connectivity index (χ2n) is 6.34. The number of azo groups is 1. The third kappa shape index (κ3) is 3.58. The summed E-state index contributed by atoms with van der Waals surface area (Å²) in [6.07, 6.45) is 0. The van der Waals surface area contributed by atoms with Gasteiger partial charge in [0.25, 0.3) is 5.91 Å². The van der Waals surface area contributed by atoms with Crippen LogP contribution < -0.4 is 5.01 Å². The first kappa shape index (κ1) is 18.5. The highest BCUT2D eigenvalue weighted by atomic mass is 35.5. The van der Waals surface area contributed by atoms with Crippen LogP contribution in [0.15, 0.2) is 69.2 Å². The highest BCUT2D eigenvalue weighted by molar-refractivity contribution is 7.14. The van der Waals surface area contributed by atoms with Gasteiger partial charge in [0.2, 0.25) is 5.13 Å². The fourth-order valence-corrected chi connectivity index (χ4v) is 3.66. The minimum absolute atomic E-state index is 0.280. The first-order valence-electron chi connectivity index (χ1n) is 8.60. The summed E-state index contributed by atoms with van der Waals surface area (Å²) in [5.74, 6) is -0.280. The van der Waals surface area contributed by atoms with E-state index in [-0.39, 0.29) is 5.91 Å². The van der Waals surface area contributed by atoms with Crippen molar-refractivity contribution in [2.75, 3.05) is 5.01 Å². The van der Waals surface area contributed by atoms with Gasteiger partial charge in [0, 0.05) is 10.9 Å². The number of rotatable bonds is 4. The molecule has 0 saturated carbocycles. The fourth-order valence-electron chi connectivity index (χ4n) is 2.70. The molecular formula is C20H16ClN5OS. The van der Waals surface area contributed by atoms with E-state index in [1.807, 2.05) is 48.7 Å². The summed E-state index contributed by atoms with van der Waals surface area (Å²) < 4.78 is 0. The molecule has 0 bridgehead atoms. The zero-order valence-corrected chi connectivity index (χ0v) is 16.8. The zero-order chi connectivity index (χ0) is 19.7. The minimum atomic E-state index is -0.775. The molecule has 2 aromatic carbocycles. The molecule has 4 rings (SSSR count). The molecule has 2 heterocycles.